The first-order chi connectivity index (χ1) is 10.3. The molecule has 21 heavy (non-hydrogen) atoms. The van der Waals surface area contributed by atoms with Crippen molar-refractivity contribution >= 4 is 0 Å². The number of hydrogen-bond donors (Lipinski definition) is 1. The number of rotatable bonds is 2. The first-order valence-electron chi connectivity index (χ1n) is 9.77. The summed E-state index contributed by atoms with van der Waals surface area (Å²) < 4.78 is 0. The Labute approximate surface area is 131 Å². The average Bonchev–Trinajstić information content (AvgIpc) is 2.48. The zero-order valence-corrected chi connectivity index (χ0v) is 13.9. The second kappa shape index (κ2) is 6.20. The Balaban J connectivity index is 1.32. The number of piperidine rings is 2. The third-order valence-electron chi connectivity index (χ3n) is 7.35. The first kappa shape index (κ1) is 14.5. The Morgan fingerprint density at radius 1 is 0.667 bits per heavy atom. The number of nitrogens with zero attached hydrogens (tertiary/aromatic N) is 1. The molecule has 2 saturated heterocycles. The molecule has 2 saturated carbocycles. The van der Waals surface area contributed by atoms with E-state index in [4.69, 9.17) is 0 Å². The van der Waals surface area contributed by atoms with Crippen LogP contribution in [0.2, 0.25) is 0 Å². The van der Waals surface area contributed by atoms with E-state index in [0.29, 0.717) is 0 Å². The van der Waals surface area contributed by atoms with Crippen molar-refractivity contribution in [2.75, 3.05) is 7.05 Å². The van der Waals surface area contributed by atoms with Gasteiger partial charge >= 0.3 is 0 Å². The smallest absolute Gasteiger partial charge is 0.0110 e. The maximum atomic E-state index is 4.11. The SMILES string of the molecule is CN1C2CCCC1CC(NC1CCC3CCCCC3C1)C2. The highest BCUT2D eigenvalue weighted by Crippen LogP contribution is 2.41. The van der Waals surface area contributed by atoms with Crippen molar-refractivity contribution in [1.29, 1.82) is 0 Å². The van der Waals surface area contributed by atoms with Gasteiger partial charge in [0.2, 0.25) is 0 Å². The van der Waals surface area contributed by atoms with Crippen LogP contribution in [0.5, 0.6) is 0 Å². The Morgan fingerprint density at radius 2 is 1.38 bits per heavy atom. The lowest BCUT2D eigenvalue weighted by molar-refractivity contribution is 0.0401. The van der Waals surface area contributed by atoms with E-state index >= 15 is 0 Å². The lowest BCUT2D eigenvalue weighted by atomic mass is 9.69. The van der Waals surface area contributed by atoms with E-state index in [1.165, 1.54) is 77.0 Å². The summed E-state index contributed by atoms with van der Waals surface area (Å²) in [5, 5.41) is 4.11. The predicted molar refractivity (Wildman–Crippen MR) is 88.4 cm³/mol. The zero-order valence-electron chi connectivity index (χ0n) is 13.9. The highest BCUT2D eigenvalue weighted by atomic mass is 15.2. The van der Waals surface area contributed by atoms with Gasteiger partial charge in [-0.3, -0.25) is 0 Å². The second-order valence-electron chi connectivity index (χ2n) is 8.55. The molecule has 0 amide bonds. The fourth-order valence-corrected chi connectivity index (χ4v) is 6.11. The van der Waals surface area contributed by atoms with Crippen molar-refractivity contribution in [2.24, 2.45) is 11.8 Å². The van der Waals surface area contributed by atoms with Crippen molar-refractivity contribution in [2.45, 2.75) is 101 Å². The summed E-state index contributed by atoms with van der Waals surface area (Å²) in [6.45, 7) is 0. The fraction of sp³-hybridized carbons (Fsp3) is 1.00. The molecule has 5 atom stereocenters. The Morgan fingerprint density at radius 3 is 2.14 bits per heavy atom. The standard InChI is InChI=1S/C19H34N2/c1-21-18-7-4-8-19(21)13-17(12-18)20-16-10-9-14-5-2-3-6-15(14)11-16/h14-20H,2-13H2,1H3. The summed E-state index contributed by atoms with van der Waals surface area (Å²) in [6, 6.07) is 3.42. The Bertz CT molecular complexity index is 341. The molecule has 2 heterocycles. The van der Waals surface area contributed by atoms with E-state index in [0.717, 1.165) is 36.0 Å². The monoisotopic (exact) mass is 290 g/mol. The van der Waals surface area contributed by atoms with Crippen LogP contribution in [0.3, 0.4) is 0 Å². The predicted octanol–water partition coefficient (Wildman–Crippen LogP) is 3.95. The van der Waals surface area contributed by atoms with Crippen LogP contribution in [-0.2, 0) is 0 Å². The molecule has 2 aliphatic heterocycles. The number of fused-ring (bicyclic) bond motifs is 3. The largest absolute Gasteiger partial charge is 0.311 e. The summed E-state index contributed by atoms with van der Waals surface area (Å²) in [6.07, 6.45) is 17.7. The molecular formula is C19H34N2. The third kappa shape index (κ3) is 3.03. The van der Waals surface area contributed by atoms with Gasteiger partial charge in [-0.2, -0.15) is 0 Å². The third-order valence-corrected chi connectivity index (χ3v) is 7.35. The zero-order chi connectivity index (χ0) is 14.2. The van der Waals surface area contributed by atoms with Crippen LogP contribution in [0.1, 0.15) is 77.0 Å². The minimum absolute atomic E-state index is 0.821. The molecule has 4 fully saturated rings. The van der Waals surface area contributed by atoms with Gasteiger partial charge in [0.05, 0.1) is 0 Å². The van der Waals surface area contributed by atoms with Gasteiger partial charge in [-0.1, -0.05) is 32.1 Å². The summed E-state index contributed by atoms with van der Waals surface area (Å²) in [5.41, 5.74) is 0. The van der Waals surface area contributed by atoms with E-state index in [1.54, 1.807) is 0 Å². The maximum Gasteiger partial charge on any atom is 0.0110 e. The van der Waals surface area contributed by atoms with Crippen molar-refractivity contribution in [3.63, 3.8) is 0 Å². The molecule has 2 heteroatoms. The molecule has 0 aromatic rings. The van der Waals surface area contributed by atoms with Crippen LogP contribution in [0, 0.1) is 11.8 Å². The maximum absolute atomic E-state index is 4.11. The normalized spacial score (nSPS) is 47.9. The van der Waals surface area contributed by atoms with E-state index in [2.05, 4.69) is 17.3 Å². The molecule has 0 aromatic carbocycles. The molecule has 2 bridgehead atoms. The van der Waals surface area contributed by atoms with Crippen molar-refractivity contribution in [3.8, 4) is 0 Å². The van der Waals surface area contributed by atoms with Crippen LogP contribution in [0.15, 0.2) is 0 Å². The van der Waals surface area contributed by atoms with E-state index in [9.17, 15) is 0 Å². The summed E-state index contributed by atoms with van der Waals surface area (Å²) in [7, 11) is 2.37. The first-order valence-corrected chi connectivity index (χ1v) is 9.77. The van der Waals surface area contributed by atoms with Gasteiger partial charge in [-0.25, -0.2) is 0 Å². The lowest BCUT2D eigenvalue weighted by Crippen LogP contribution is -2.56. The van der Waals surface area contributed by atoms with Crippen LogP contribution < -0.4 is 5.32 Å². The van der Waals surface area contributed by atoms with Gasteiger partial charge in [0.15, 0.2) is 0 Å². The summed E-state index contributed by atoms with van der Waals surface area (Å²) in [4.78, 5) is 2.69. The van der Waals surface area contributed by atoms with Crippen molar-refractivity contribution in [1.82, 2.24) is 10.2 Å². The van der Waals surface area contributed by atoms with Crippen LogP contribution in [0.25, 0.3) is 0 Å². The van der Waals surface area contributed by atoms with Gasteiger partial charge in [-0.05, 0) is 63.8 Å². The fourth-order valence-electron chi connectivity index (χ4n) is 6.11. The molecule has 0 radical (unpaired) electrons. The summed E-state index contributed by atoms with van der Waals surface area (Å²) >= 11 is 0. The van der Waals surface area contributed by atoms with E-state index in [1.807, 2.05) is 0 Å². The van der Waals surface area contributed by atoms with Gasteiger partial charge < -0.3 is 10.2 Å². The molecule has 1 N–H and O–H groups in total. The van der Waals surface area contributed by atoms with Crippen molar-refractivity contribution in [3.05, 3.63) is 0 Å². The molecule has 2 aliphatic carbocycles. The highest BCUT2D eigenvalue weighted by Gasteiger charge is 2.38. The van der Waals surface area contributed by atoms with Gasteiger partial charge in [-0.15, -0.1) is 0 Å². The molecule has 5 unspecified atom stereocenters. The Hall–Kier alpha value is -0.0800. The molecule has 4 rings (SSSR count). The Kier molecular flexibility index (Phi) is 4.28. The second-order valence-corrected chi connectivity index (χ2v) is 8.55. The van der Waals surface area contributed by atoms with Crippen LogP contribution >= 0.6 is 0 Å². The van der Waals surface area contributed by atoms with Gasteiger partial charge in [0, 0.05) is 24.2 Å². The molecular weight excluding hydrogens is 256 g/mol. The quantitative estimate of drug-likeness (QED) is 0.828. The molecule has 4 aliphatic rings. The topological polar surface area (TPSA) is 15.3 Å². The molecule has 0 spiro atoms. The van der Waals surface area contributed by atoms with Gasteiger partial charge in [0.25, 0.3) is 0 Å². The molecule has 0 aromatic heterocycles. The minimum Gasteiger partial charge on any atom is -0.311 e. The summed E-state index contributed by atoms with van der Waals surface area (Å²) in [5.74, 6) is 2.16. The molecule has 120 valence electrons. The van der Waals surface area contributed by atoms with Crippen LogP contribution in [-0.4, -0.2) is 36.1 Å². The molecule has 2 nitrogen and oxygen atoms in total. The number of hydrogen-bond acceptors (Lipinski definition) is 2. The van der Waals surface area contributed by atoms with E-state index < -0.39 is 0 Å². The average molecular weight is 290 g/mol. The minimum atomic E-state index is 0.821. The highest BCUT2D eigenvalue weighted by molar-refractivity contribution is 4.95. The number of nitrogens with one attached hydrogen (secondary N) is 1. The van der Waals surface area contributed by atoms with E-state index in [-0.39, 0.29) is 0 Å². The van der Waals surface area contributed by atoms with Crippen LogP contribution in [0.4, 0.5) is 0 Å². The lowest BCUT2D eigenvalue weighted by Gasteiger charge is -2.49. The van der Waals surface area contributed by atoms with Gasteiger partial charge in [0.1, 0.15) is 0 Å². The van der Waals surface area contributed by atoms with Crippen molar-refractivity contribution < 1.29 is 0 Å².